The number of nitro benzene ring substituents is 1. The van der Waals surface area contributed by atoms with Gasteiger partial charge in [0.1, 0.15) is 0 Å². The fourth-order valence-corrected chi connectivity index (χ4v) is 1.68. The lowest BCUT2D eigenvalue weighted by molar-refractivity contribution is -0.385. The van der Waals surface area contributed by atoms with Gasteiger partial charge in [-0.15, -0.1) is 0 Å². The van der Waals surface area contributed by atoms with Crippen molar-refractivity contribution in [1.29, 1.82) is 0 Å². The van der Waals surface area contributed by atoms with Gasteiger partial charge in [0.05, 0.1) is 14.9 Å². The minimum absolute atomic E-state index is 0.00347. The van der Waals surface area contributed by atoms with Crippen LogP contribution in [0.4, 0.5) is 5.69 Å². The minimum atomic E-state index is -0.387. The van der Waals surface area contributed by atoms with E-state index in [0.29, 0.717) is 3.57 Å². The zero-order valence-corrected chi connectivity index (χ0v) is 11.3. The lowest BCUT2D eigenvalue weighted by Gasteiger charge is -2.00. The highest BCUT2D eigenvalue weighted by molar-refractivity contribution is 14.1. The minimum Gasteiger partial charge on any atom is -0.332 e. The maximum absolute atomic E-state index is 10.3. The van der Waals surface area contributed by atoms with Crippen LogP contribution in [-0.2, 0) is 9.59 Å². The number of amides is 1. The summed E-state index contributed by atoms with van der Waals surface area (Å²) in [5, 5.41) is 12.6. The van der Waals surface area contributed by atoms with Crippen molar-refractivity contribution < 1.29 is 14.5 Å². The maximum Gasteiger partial charge on any atom is 0.282 e. The number of nitrogens with one attached hydrogen (secondary N) is 1. The maximum atomic E-state index is 10.3. The molecule has 1 aromatic rings. The Balaban J connectivity index is 0.000000184. The van der Waals surface area contributed by atoms with Gasteiger partial charge in [-0.25, -0.2) is 0 Å². The van der Waals surface area contributed by atoms with Crippen LogP contribution < -0.4 is 5.32 Å². The quantitative estimate of drug-likeness (QED) is 0.358. The van der Waals surface area contributed by atoms with Crippen molar-refractivity contribution in [2.45, 2.75) is 6.42 Å². The third-order valence-corrected chi connectivity index (χ3v) is 2.81. The summed E-state index contributed by atoms with van der Waals surface area (Å²) in [4.78, 5) is 30.5. The molecule has 2 rings (SSSR count). The standard InChI is InChI=1S/C6H4INO2.C5H5NO2/c7-5-3-1-2-4-6(5)8(9)10;7-4-1-2-6-5(8)3-4/h1-4H;1-2H,3H2,(H,6,8). The van der Waals surface area contributed by atoms with E-state index in [1.807, 2.05) is 22.6 Å². The molecule has 0 atom stereocenters. The summed E-state index contributed by atoms with van der Waals surface area (Å²) in [6.07, 6.45) is 2.70. The highest BCUT2D eigenvalue weighted by Gasteiger charge is 2.08. The van der Waals surface area contributed by atoms with Crippen LogP contribution in [0, 0.1) is 13.7 Å². The predicted molar refractivity (Wildman–Crippen MR) is 72.7 cm³/mol. The summed E-state index contributed by atoms with van der Waals surface area (Å²) >= 11 is 1.93. The summed E-state index contributed by atoms with van der Waals surface area (Å²) in [5.74, 6) is -0.355. The highest BCUT2D eigenvalue weighted by Crippen LogP contribution is 2.18. The Bertz CT molecular complexity index is 514. The third kappa shape index (κ3) is 4.62. The van der Waals surface area contributed by atoms with Crippen LogP contribution in [0.2, 0.25) is 0 Å². The van der Waals surface area contributed by atoms with Crippen LogP contribution >= 0.6 is 22.6 Å². The van der Waals surface area contributed by atoms with Gasteiger partial charge in [0, 0.05) is 12.3 Å². The summed E-state index contributed by atoms with van der Waals surface area (Å²) in [7, 11) is 0. The van der Waals surface area contributed by atoms with Gasteiger partial charge in [-0.2, -0.15) is 0 Å². The molecule has 0 fully saturated rings. The summed E-state index contributed by atoms with van der Waals surface area (Å²) < 4.78 is 0.671. The number of para-hydroxylation sites is 1. The van der Waals surface area contributed by atoms with Crippen molar-refractivity contribution in [3.63, 3.8) is 0 Å². The third-order valence-electron chi connectivity index (χ3n) is 1.90. The van der Waals surface area contributed by atoms with Gasteiger partial charge in [-0.1, -0.05) is 12.1 Å². The predicted octanol–water partition coefficient (Wildman–Crippen LogP) is 1.79. The average molecular weight is 360 g/mol. The SMILES string of the molecule is O=C1C=CNC(=O)C1.O=[N+]([O-])c1ccccc1I. The van der Waals surface area contributed by atoms with Crippen LogP contribution in [-0.4, -0.2) is 16.6 Å². The molecule has 7 heteroatoms. The van der Waals surface area contributed by atoms with E-state index in [9.17, 15) is 19.7 Å². The molecule has 94 valence electrons. The Morgan fingerprint density at radius 1 is 1.28 bits per heavy atom. The van der Waals surface area contributed by atoms with E-state index in [2.05, 4.69) is 5.32 Å². The number of hydrogen-bond donors (Lipinski definition) is 1. The molecule has 1 heterocycles. The molecule has 0 spiro atoms. The zero-order valence-electron chi connectivity index (χ0n) is 9.13. The van der Waals surface area contributed by atoms with E-state index in [1.54, 1.807) is 18.2 Å². The topological polar surface area (TPSA) is 89.3 Å². The number of hydrogen-bond acceptors (Lipinski definition) is 4. The molecule has 1 amide bonds. The Labute approximate surface area is 116 Å². The smallest absolute Gasteiger partial charge is 0.282 e. The van der Waals surface area contributed by atoms with Crippen molar-refractivity contribution in [3.05, 3.63) is 50.2 Å². The van der Waals surface area contributed by atoms with Crippen LogP contribution in [0.5, 0.6) is 0 Å². The lowest BCUT2D eigenvalue weighted by atomic mass is 10.2. The highest BCUT2D eigenvalue weighted by atomic mass is 127. The van der Waals surface area contributed by atoms with Crippen molar-refractivity contribution in [2.75, 3.05) is 0 Å². The van der Waals surface area contributed by atoms with Gasteiger partial charge in [-0.3, -0.25) is 19.7 Å². The fraction of sp³-hybridized carbons (Fsp3) is 0.0909. The molecule has 6 nitrogen and oxygen atoms in total. The van der Waals surface area contributed by atoms with Crippen molar-refractivity contribution in [2.24, 2.45) is 0 Å². The number of halogens is 1. The fourth-order valence-electron chi connectivity index (χ4n) is 1.10. The average Bonchev–Trinajstić information content (AvgIpc) is 2.29. The monoisotopic (exact) mass is 360 g/mol. The number of benzene rings is 1. The number of nitro groups is 1. The van der Waals surface area contributed by atoms with Gasteiger partial charge in [0.15, 0.2) is 5.78 Å². The number of ketones is 1. The second kappa shape index (κ2) is 6.84. The van der Waals surface area contributed by atoms with Gasteiger partial charge < -0.3 is 5.32 Å². The molecule has 0 saturated carbocycles. The van der Waals surface area contributed by atoms with E-state index in [0.717, 1.165) is 0 Å². The van der Waals surface area contributed by atoms with Crippen LogP contribution in [0.15, 0.2) is 36.5 Å². The van der Waals surface area contributed by atoms with E-state index in [-0.39, 0.29) is 28.7 Å². The van der Waals surface area contributed by atoms with Crippen LogP contribution in [0.1, 0.15) is 6.42 Å². The van der Waals surface area contributed by atoms with Crippen molar-refractivity contribution in [1.82, 2.24) is 5.32 Å². The molecule has 0 saturated heterocycles. The first-order valence-corrected chi connectivity index (χ1v) is 5.96. The molecule has 0 radical (unpaired) electrons. The van der Waals surface area contributed by atoms with E-state index in [1.165, 1.54) is 18.3 Å². The normalized spacial score (nSPS) is 13.4. The second-order valence-electron chi connectivity index (χ2n) is 3.25. The number of allylic oxidation sites excluding steroid dienone is 1. The Kier molecular flexibility index (Phi) is 5.43. The van der Waals surface area contributed by atoms with Gasteiger partial charge in [0.25, 0.3) is 5.69 Å². The zero-order chi connectivity index (χ0) is 13.5. The molecule has 1 aliphatic rings. The number of nitrogens with zero attached hydrogens (tertiary/aromatic N) is 1. The number of rotatable bonds is 1. The molecule has 0 unspecified atom stereocenters. The first-order valence-electron chi connectivity index (χ1n) is 4.88. The molecule has 1 N–H and O–H groups in total. The van der Waals surface area contributed by atoms with Crippen LogP contribution in [0.3, 0.4) is 0 Å². The van der Waals surface area contributed by atoms with Gasteiger partial charge in [-0.05, 0) is 34.7 Å². The molecule has 1 aliphatic heterocycles. The van der Waals surface area contributed by atoms with Crippen molar-refractivity contribution >= 4 is 40.0 Å². The molecular formula is C11H9IN2O4. The number of carbonyl (C=O) groups is 2. The van der Waals surface area contributed by atoms with Gasteiger partial charge >= 0.3 is 0 Å². The molecular weight excluding hydrogens is 351 g/mol. The van der Waals surface area contributed by atoms with Crippen molar-refractivity contribution in [3.8, 4) is 0 Å². The van der Waals surface area contributed by atoms with Crippen LogP contribution in [0.25, 0.3) is 0 Å². The van der Waals surface area contributed by atoms with E-state index in [4.69, 9.17) is 0 Å². The Morgan fingerprint density at radius 2 is 1.94 bits per heavy atom. The Hall–Kier alpha value is -1.77. The summed E-state index contributed by atoms with van der Waals surface area (Å²) in [5.41, 5.74) is 0.170. The largest absolute Gasteiger partial charge is 0.332 e. The van der Waals surface area contributed by atoms with E-state index >= 15 is 0 Å². The molecule has 0 aliphatic carbocycles. The Morgan fingerprint density at radius 3 is 2.33 bits per heavy atom. The lowest BCUT2D eigenvalue weighted by Crippen LogP contribution is -2.24. The summed E-state index contributed by atoms with van der Waals surface area (Å²) in [6.45, 7) is 0. The number of carbonyl (C=O) groups excluding carboxylic acids is 2. The van der Waals surface area contributed by atoms with E-state index < -0.39 is 0 Å². The first-order chi connectivity index (χ1) is 8.50. The second-order valence-corrected chi connectivity index (χ2v) is 4.41. The molecule has 1 aromatic carbocycles. The molecule has 18 heavy (non-hydrogen) atoms. The molecule has 0 aromatic heterocycles. The summed E-state index contributed by atoms with van der Waals surface area (Å²) in [6, 6.07) is 6.62. The molecule has 0 bridgehead atoms. The first kappa shape index (κ1) is 14.3. The van der Waals surface area contributed by atoms with Gasteiger partial charge in [0.2, 0.25) is 5.91 Å².